The van der Waals surface area contributed by atoms with Crippen LogP contribution in [0.5, 0.6) is 0 Å². The van der Waals surface area contributed by atoms with E-state index in [9.17, 15) is 0 Å². The average Bonchev–Trinajstić information content (AvgIpc) is 2.38. The first kappa shape index (κ1) is 14.4. The lowest BCUT2D eigenvalue weighted by molar-refractivity contribution is 0.592. The summed E-state index contributed by atoms with van der Waals surface area (Å²) in [5.41, 5.74) is 8.37. The van der Waals surface area contributed by atoms with E-state index in [1.165, 1.54) is 5.56 Å². The maximum atomic E-state index is 5.59. The lowest BCUT2D eigenvalue weighted by Gasteiger charge is -2.23. The van der Waals surface area contributed by atoms with Gasteiger partial charge in [0.05, 0.1) is 0 Å². The van der Waals surface area contributed by atoms with Crippen LogP contribution in [0.1, 0.15) is 32.0 Å². The number of nitrogens with one attached hydrogen (secondary N) is 1. The zero-order valence-electron chi connectivity index (χ0n) is 11.8. The third kappa shape index (κ3) is 3.30. The Hall–Kier alpha value is -2.01. The first-order valence-electron chi connectivity index (χ1n) is 6.37. The lowest BCUT2D eigenvalue weighted by Crippen LogP contribution is -2.15. The molecule has 0 bridgehead atoms. The predicted molar refractivity (Wildman–Crippen MR) is 86.3 cm³/mol. The van der Waals surface area contributed by atoms with Crippen molar-refractivity contribution in [1.29, 1.82) is 0 Å². The minimum atomic E-state index is 0.0321. The summed E-state index contributed by atoms with van der Waals surface area (Å²) in [5.74, 6) is 0.493. The molecule has 4 nitrogen and oxygen atoms in total. The Kier molecular flexibility index (Phi) is 3.99. The normalized spacial score (nSPS) is 11.2. The second-order valence-electron chi connectivity index (χ2n) is 5.55. The first-order valence-corrected chi connectivity index (χ1v) is 6.78. The summed E-state index contributed by atoms with van der Waals surface area (Å²) < 4.78 is 0. The number of rotatable bonds is 3. The second-order valence-corrected chi connectivity index (χ2v) is 5.99. The average molecular weight is 286 g/mol. The third-order valence-corrected chi connectivity index (χ3v) is 3.10. The van der Waals surface area contributed by atoms with Crippen LogP contribution in [-0.4, -0.2) is 15.0 Å². The van der Waals surface area contributed by atoms with Crippen LogP contribution in [0.15, 0.2) is 36.5 Å². The van der Waals surface area contributed by atoms with Crippen molar-refractivity contribution in [3.8, 4) is 0 Å². The fraction of sp³-hybridized carbons (Fsp3) is 0.267. The monoisotopic (exact) mass is 286 g/mol. The van der Waals surface area contributed by atoms with Gasteiger partial charge in [0.15, 0.2) is 0 Å². The van der Waals surface area contributed by atoms with Gasteiger partial charge in [-0.3, -0.25) is 0 Å². The minimum absolute atomic E-state index is 0.0321. The molecule has 0 aliphatic carbocycles. The minimum Gasteiger partial charge on any atom is -0.388 e. The van der Waals surface area contributed by atoms with Gasteiger partial charge in [0.1, 0.15) is 10.7 Å². The summed E-state index contributed by atoms with van der Waals surface area (Å²) in [4.78, 5) is 8.77. The topological polar surface area (TPSA) is 63.8 Å². The highest BCUT2D eigenvalue weighted by atomic mass is 32.1. The Labute approximate surface area is 124 Å². The fourth-order valence-electron chi connectivity index (χ4n) is 1.92. The molecule has 2 aromatic rings. The number of hydrogen-bond acceptors (Lipinski definition) is 4. The van der Waals surface area contributed by atoms with E-state index in [1.54, 1.807) is 12.3 Å². The molecule has 0 saturated carbocycles. The van der Waals surface area contributed by atoms with Crippen molar-refractivity contribution in [2.75, 3.05) is 5.32 Å². The Balaban J connectivity index is 2.36. The van der Waals surface area contributed by atoms with Gasteiger partial charge in [0.25, 0.3) is 0 Å². The van der Waals surface area contributed by atoms with Crippen LogP contribution >= 0.6 is 12.2 Å². The van der Waals surface area contributed by atoms with E-state index >= 15 is 0 Å². The molecule has 1 aromatic heterocycles. The molecule has 5 heteroatoms. The highest BCUT2D eigenvalue weighted by molar-refractivity contribution is 7.80. The van der Waals surface area contributed by atoms with E-state index in [-0.39, 0.29) is 10.4 Å². The Bertz CT molecular complexity index is 632. The Morgan fingerprint density at radius 2 is 1.90 bits per heavy atom. The maximum absolute atomic E-state index is 5.59. The molecule has 0 saturated heterocycles. The molecule has 0 spiro atoms. The number of para-hydroxylation sites is 1. The van der Waals surface area contributed by atoms with Crippen LogP contribution in [-0.2, 0) is 5.41 Å². The van der Waals surface area contributed by atoms with Crippen molar-refractivity contribution in [2.24, 2.45) is 5.73 Å². The van der Waals surface area contributed by atoms with Crippen LogP contribution in [0, 0.1) is 0 Å². The predicted octanol–water partition coefficient (Wildman–Crippen LogP) is 3.15. The molecule has 1 aromatic carbocycles. The number of aromatic nitrogens is 2. The molecule has 1 heterocycles. The Morgan fingerprint density at radius 1 is 1.20 bits per heavy atom. The van der Waals surface area contributed by atoms with E-state index in [1.807, 2.05) is 18.2 Å². The van der Waals surface area contributed by atoms with Crippen molar-refractivity contribution in [2.45, 2.75) is 26.2 Å². The van der Waals surface area contributed by atoms with Gasteiger partial charge in [-0.1, -0.05) is 51.2 Å². The smallest absolute Gasteiger partial charge is 0.227 e. The largest absolute Gasteiger partial charge is 0.388 e. The summed E-state index contributed by atoms with van der Waals surface area (Å²) in [6, 6.07) is 9.81. The molecule has 104 valence electrons. The highest BCUT2D eigenvalue weighted by Crippen LogP contribution is 2.30. The number of thiocarbonyl (C=S) groups is 1. The molecule has 0 radical (unpaired) electrons. The molecular weight excluding hydrogens is 268 g/mol. The molecule has 3 N–H and O–H groups in total. The van der Waals surface area contributed by atoms with Crippen LogP contribution in [0.25, 0.3) is 0 Å². The van der Waals surface area contributed by atoms with Crippen molar-refractivity contribution in [1.82, 2.24) is 9.97 Å². The molecule has 2 rings (SSSR count). The number of benzene rings is 1. The quantitative estimate of drug-likeness (QED) is 0.849. The van der Waals surface area contributed by atoms with Gasteiger partial charge in [-0.2, -0.15) is 0 Å². The molecule has 0 aliphatic heterocycles. The first-order chi connectivity index (χ1) is 9.38. The van der Waals surface area contributed by atoms with Gasteiger partial charge in [-0.15, -0.1) is 0 Å². The van der Waals surface area contributed by atoms with Crippen LogP contribution < -0.4 is 11.1 Å². The highest BCUT2D eigenvalue weighted by Gasteiger charge is 2.17. The van der Waals surface area contributed by atoms with E-state index < -0.39 is 0 Å². The summed E-state index contributed by atoms with van der Waals surface area (Å²) in [6.45, 7) is 6.50. The van der Waals surface area contributed by atoms with Gasteiger partial charge in [-0.25, -0.2) is 9.97 Å². The van der Waals surface area contributed by atoms with E-state index in [0.29, 0.717) is 11.6 Å². The van der Waals surface area contributed by atoms with E-state index in [0.717, 1.165) is 5.69 Å². The number of hydrogen-bond donors (Lipinski definition) is 2. The summed E-state index contributed by atoms with van der Waals surface area (Å²) >= 11 is 4.93. The van der Waals surface area contributed by atoms with Gasteiger partial charge in [-0.05, 0) is 23.1 Å². The van der Waals surface area contributed by atoms with Gasteiger partial charge in [0.2, 0.25) is 5.95 Å². The zero-order valence-corrected chi connectivity index (χ0v) is 12.7. The summed E-state index contributed by atoms with van der Waals surface area (Å²) in [5, 5.41) is 3.24. The van der Waals surface area contributed by atoms with Gasteiger partial charge in [0, 0.05) is 11.9 Å². The molecular formula is C15H18N4S. The van der Waals surface area contributed by atoms with Crippen LogP contribution in [0.2, 0.25) is 0 Å². The molecule has 0 aliphatic rings. The zero-order chi connectivity index (χ0) is 14.8. The Morgan fingerprint density at radius 3 is 2.55 bits per heavy atom. The number of nitrogens with two attached hydrogens (primary N) is 1. The molecule has 20 heavy (non-hydrogen) atoms. The van der Waals surface area contributed by atoms with E-state index in [4.69, 9.17) is 18.0 Å². The number of anilines is 2. The SMILES string of the molecule is CC(C)(C)c1ccccc1Nc1nccc(C(N)=S)n1. The fourth-order valence-corrected chi connectivity index (χ4v) is 2.04. The second kappa shape index (κ2) is 5.54. The van der Waals surface area contributed by atoms with Crippen molar-refractivity contribution in [3.05, 3.63) is 47.8 Å². The number of nitrogens with zero attached hydrogens (tertiary/aromatic N) is 2. The summed E-state index contributed by atoms with van der Waals surface area (Å²) in [7, 11) is 0. The third-order valence-electron chi connectivity index (χ3n) is 2.89. The molecule has 0 atom stereocenters. The lowest BCUT2D eigenvalue weighted by atomic mass is 9.86. The molecule has 0 fully saturated rings. The maximum Gasteiger partial charge on any atom is 0.227 e. The summed E-state index contributed by atoms with van der Waals surface area (Å²) in [6.07, 6.45) is 1.64. The molecule has 0 amide bonds. The van der Waals surface area contributed by atoms with E-state index in [2.05, 4.69) is 42.1 Å². The van der Waals surface area contributed by atoms with Gasteiger partial charge >= 0.3 is 0 Å². The molecule has 0 unspecified atom stereocenters. The van der Waals surface area contributed by atoms with Crippen LogP contribution in [0.3, 0.4) is 0 Å². The standard InChI is InChI=1S/C15H18N4S/c1-15(2,3)10-6-4-5-7-11(10)18-14-17-9-8-12(19-14)13(16)20/h4-9H,1-3H3,(H2,16,20)(H,17,18,19). The van der Waals surface area contributed by atoms with Crippen molar-refractivity contribution >= 4 is 28.8 Å². The van der Waals surface area contributed by atoms with Crippen LogP contribution in [0.4, 0.5) is 11.6 Å². The van der Waals surface area contributed by atoms with Gasteiger partial charge < -0.3 is 11.1 Å². The van der Waals surface area contributed by atoms with Crippen molar-refractivity contribution in [3.63, 3.8) is 0 Å². The van der Waals surface area contributed by atoms with Crippen molar-refractivity contribution < 1.29 is 0 Å².